The highest BCUT2D eigenvalue weighted by molar-refractivity contribution is 7.98. The van der Waals surface area contributed by atoms with Crippen LogP contribution in [0.15, 0.2) is 0 Å². The maximum absolute atomic E-state index is 12.0. The zero-order valence-electron chi connectivity index (χ0n) is 11.9. The molecule has 0 aromatic carbocycles. The molecule has 0 bridgehead atoms. The van der Waals surface area contributed by atoms with Gasteiger partial charge in [-0.2, -0.15) is 11.8 Å². The Bertz CT molecular complexity index is 338. The summed E-state index contributed by atoms with van der Waals surface area (Å²) >= 11 is 1.76. The van der Waals surface area contributed by atoms with Crippen molar-refractivity contribution in [3.8, 4) is 0 Å². The van der Waals surface area contributed by atoms with Crippen molar-refractivity contribution in [3.05, 3.63) is 0 Å². The van der Waals surface area contributed by atoms with Crippen molar-refractivity contribution >= 4 is 23.8 Å². The molecule has 0 radical (unpaired) electrons. The Balaban J connectivity index is 2.49. The van der Waals surface area contributed by atoms with E-state index in [0.29, 0.717) is 13.0 Å². The SMILES string of the molecule is CSCCCN(C)C(=O)NC1CCCC1(C)C(=O)O. The zero-order chi connectivity index (χ0) is 14.5. The summed E-state index contributed by atoms with van der Waals surface area (Å²) in [5.74, 6) is 0.203. The van der Waals surface area contributed by atoms with Gasteiger partial charge in [-0.3, -0.25) is 4.79 Å². The number of carboxylic acid groups (broad SMARTS) is 1. The van der Waals surface area contributed by atoms with Crippen molar-refractivity contribution < 1.29 is 14.7 Å². The lowest BCUT2D eigenvalue weighted by Gasteiger charge is -2.29. The molecule has 2 unspecified atom stereocenters. The average Bonchev–Trinajstić information content (AvgIpc) is 2.72. The first-order valence-corrected chi connectivity index (χ1v) is 8.05. The summed E-state index contributed by atoms with van der Waals surface area (Å²) < 4.78 is 0. The standard InChI is InChI=1S/C13H24N2O3S/c1-13(11(16)17)7-4-6-10(13)14-12(18)15(2)8-5-9-19-3/h10H,4-9H2,1-3H3,(H,14,18)(H,16,17). The molecule has 0 saturated heterocycles. The lowest BCUT2D eigenvalue weighted by molar-refractivity contribution is -0.148. The molecule has 0 aromatic rings. The molecular formula is C13H24N2O3S. The number of rotatable bonds is 6. The number of hydrogen-bond acceptors (Lipinski definition) is 3. The highest BCUT2D eigenvalue weighted by atomic mass is 32.2. The molecule has 2 amide bonds. The number of amides is 2. The molecular weight excluding hydrogens is 264 g/mol. The summed E-state index contributed by atoms with van der Waals surface area (Å²) in [5, 5.41) is 12.2. The summed E-state index contributed by atoms with van der Waals surface area (Å²) in [4.78, 5) is 25.0. The molecule has 110 valence electrons. The van der Waals surface area contributed by atoms with Crippen LogP contribution >= 0.6 is 11.8 Å². The normalized spacial score (nSPS) is 26.2. The molecule has 0 spiro atoms. The number of nitrogens with zero attached hydrogens (tertiary/aromatic N) is 1. The number of carbonyl (C=O) groups is 2. The fourth-order valence-corrected chi connectivity index (χ4v) is 2.88. The van der Waals surface area contributed by atoms with E-state index >= 15 is 0 Å². The number of aliphatic carboxylic acids is 1. The Morgan fingerprint density at radius 2 is 2.21 bits per heavy atom. The summed E-state index contributed by atoms with van der Waals surface area (Å²) in [7, 11) is 1.75. The second-order valence-electron chi connectivity index (χ2n) is 5.38. The molecule has 0 aliphatic heterocycles. The van der Waals surface area contributed by atoms with Crippen molar-refractivity contribution in [2.24, 2.45) is 5.41 Å². The van der Waals surface area contributed by atoms with Gasteiger partial charge in [0.15, 0.2) is 0 Å². The third-order valence-electron chi connectivity index (χ3n) is 3.93. The molecule has 1 rings (SSSR count). The highest BCUT2D eigenvalue weighted by Gasteiger charge is 2.46. The third kappa shape index (κ3) is 4.03. The second kappa shape index (κ2) is 7.03. The minimum absolute atomic E-state index is 0.166. The van der Waals surface area contributed by atoms with Crippen LogP contribution in [0.25, 0.3) is 0 Å². The number of carboxylic acids is 1. The van der Waals surface area contributed by atoms with E-state index in [9.17, 15) is 14.7 Å². The number of urea groups is 1. The highest BCUT2D eigenvalue weighted by Crippen LogP contribution is 2.38. The maximum Gasteiger partial charge on any atom is 0.317 e. The van der Waals surface area contributed by atoms with E-state index in [1.165, 1.54) is 0 Å². The molecule has 0 aromatic heterocycles. The summed E-state index contributed by atoms with van der Waals surface area (Å²) in [6.45, 7) is 2.42. The number of hydrogen-bond donors (Lipinski definition) is 2. The Morgan fingerprint density at radius 3 is 2.79 bits per heavy atom. The Labute approximate surface area is 119 Å². The van der Waals surface area contributed by atoms with Crippen molar-refractivity contribution in [1.29, 1.82) is 0 Å². The number of nitrogens with one attached hydrogen (secondary N) is 1. The molecule has 1 aliphatic rings. The molecule has 19 heavy (non-hydrogen) atoms. The van der Waals surface area contributed by atoms with Gasteiger partial charge in [-0.15, -0.1) is 0 Å². The first-order valence-electron chi connectivity index (χ1n) is 6.65. The molecule has 1 fully saturated rings. The fourth-order valence-electron chi connectivity index (χ4n) is 2.46. The van der Waals surface area contributed by atoms with Crippen LogP contribution in [0.2, 0.25) is 0 Å². The van der Waals surface area contributed by atoms with Gasteiger partial charge in [-0.25, -0.2) is 4.79 Å². The quantitative estimate of drug-likeness (QED) is 0.734. The summed E-state index contributed by atoms with van der Waals surface area (Å²) in [5.41, 5.74) is -0.824. The van der Waals surface area contributed by atoms with Gasteiger partial charge in [0.1, 0.15) is 0 Å². The van der Waals surface area contributed by atoms with E-state index in [2.05, 4.69) is 5.32 Å². The van der Waals surface area contributed by atoms with Crippen LogP contribution in [0.1, 0.15) is 32.6 Å². The predicted octanol–water partition coefficient (Wildman–Crippen LogP) is 2.02. The van der Waals surface area contributed by atoms with Gasteiger partial charge in [-0.1, -0.05) is 6.42 Å². The van der Waals surface area contributed by atoms with Gasteiger partial charge < -0.3 is 15.3 Å². The zero-order valence-corrected chi connectivity index (χ0v) is 12.8. The van der Waals surface area contributed by atoms with E-state index < -0.39 is 11.4 Å². The van der Waals surface area contributed by atoms with Crippen molar-refractivity contribution in [1.82, 2.24) is 10.2 Å². The van der Waals surface area contributed by atoms with Crippen LogP contribution < -0.4 is 5.32 Å². The van der Waals surface area contributed by atoms with Crippen LogP contribution in [-0.4, -0.2) is 53.6 Å². The Hall–Kier alpha value is -0.910. The van der Waals surface area contributed by atoms with Crippen LogP contribution in [0, 0.1) is 5.41 Å². The van der Waals surface area contributed by atoms with E-state index in [0.717, 1.165) is 25.0 Å². The number of carbonyl (C=O) groups excluding carboxylic acids is 1. The van der Waals surface area contributed by atoms with Gasteiger partial charge in [0.05, 0.1) is 5.41 Å². The van der Waals surface area contributed by atoms with Crippen molar-refractivity contribution in [2.45, 2.75) is 38.6 Å². The number of thioether (sulfide) groups is 1. The topological polar surface area (TPSA) is 69.6 Å². The van der Waals surface area contributed by atoms with E-state index in [1.807, 2.05) is 6.26 Å². The lowest BCUT2D eigenvalue weighted by Crippen LogP contribution is -2.50. The van der Waals surface area contributed by atoms with E-state index in [-0.39, 0.29) is 12.1 Å². The van der Waals surface area contributed by atoms with E-state index in [4.69, 9.17) is 0 Å². The van der Waals surface area contributed by atoms with Gasteiger partial charge >= 0.3 is 12.0 Å². The Morgan fingerprint density at radius 1 is 1.53 bits per heavy atom. The van der Waals surface area contributed by atoms with Gasteiger partial charge in [0, 0.05) is 19.6 Å². The molecule has 2 N–H and O–H groups in total. The fraction of sp³-hybridized carbons (Fsp3) is 0.846. The van der Waals surface area contributed by atoms with Crippen LogP contribution in [-0.2, 0) is 4.79 Å². The van der Waals surface area contributed by atoms with Gasteiger partial charge in [0.25, 0.3) is 0 Å². The maximum atomic E-state index is 12.0. The van der Waals surface area contributed by atoms with Crippen molar-refractivity contribution in [3.63, 3.8) is 0 Å². The summed E-state index contributed by atoms with van der Waals surface area (Å²) in [6.07, 6.45) is 5.21. The smallest absolute Gasteiger partial charge is 0.317 e. The van der Waals surface area contributed by atoms with Crippen LogP contribution in [0.3, 0.4) is 0 Å². The largest absolute Gasteiger partial charge is 0.481 e. The van der Waals surface area contributed by atoms with Gasteiger partial charge in [-0.05, 0) is 38.2 Å². The average molecular weight is 288 g/mol. The minimum atomic E-state index is -0.824. The Kier molecular flexibility index (Phi) is 5.97. The monoisotopic (exact) mass is 288 g/mol. The second-order valence-corrected chi connectivity index (χ2v) is 6.37. The predicted molar refractivity (Wildman–Crippen MR) is 77.5 cm³/mol. The molecule has 6 heteroatoms. The van der Waals surface area contributed by atoms with Crippen LogP contribution in [0.5, 0.6) is 0 Å². The summed E-state index contributed by atoms with van der Waals surface area (Å²) in [6, 6.07) is -0.430. The third-order valence-corrected chi connectivity index (χ3v) is 4.63. The van der Waals surface area contributed by atoms with Crippen LogP contribution in [0.4, 0.5) is 4.79 Å². The van der Waals surface area contributed by atoms with Gasteiger partial charge in [0.2, 0.25) is 0 Å². The molecule has 1 saturated carbocycles. The first-order chi connectivity index (χ1) is 8.91. The molecule has 2 atom stereocenters. The first kappa shape index (κ1) is 16.1. The molecule has 1 aliphatic carbocycles. The minimum Gasteiger partial charge on any atom is -0.481 e. The lowest BCUT2D eigenvalue weighted by atomic mass is 9.85. The molecule has 0 heterocycles. The van der Waals surface area contributed by atoms with E-state index in [1.54, 1.807) is 30.6 Å². The molecule has 5 nitrogen and oxygen atoms in total. The van der Waals surface area contributed by atoms with Crippen molar-refractivity contribution in [2.75, 3.05) is 25.6 Å².